The highest BCUT2D eigenvalue weighted by molar-refractivity contribution is 5.92. The van der Waals surface area contributed by atoms with Gasteiger partial charge in [-0.1, -0.05) is 49.0 Å². The Balaban J connectivity index is 1.08. The lowest BCUT2D eigenvalue weighted by Gasteiger charge is -2.45. The number of carbonyl (C=O) groups excluding carboxylic acids is 1. The fourth-order valence-corrected chi connectivity index (χ4v) is 5.88. The van der Waals surface area contributed by atoms with Gasteiger partial charge in [-0.2, -0.15) is 5.26 Å². The van der Waals surface area contributed by atoms with E-state index >= 15 is 0 Å². The Kier molecular flexibility index (Phi) is 8.82. The van der Waals surface area contributed by atoms with Gasteiger partial charge in [-0.05, 0) is 62.1 Å². The summed E-state index contributed by atoms with van der Waals surface area (Å²) in [5.74, 6) is -0.121. The van der Waals surface area contributed by atoms with Crippen LogP contribution in [0.1, 0.15) is 59.4 Å². The number of carbonyl (C=O) groups is 1. The molecule has 0 saturated carbocycles. The van der Waals surface area contributed by atoms with Crippen molar-refractivity contribution in [2.75, 3.05) is 39.3 Å². The van der Waals surface area contributed by atoms with E-state index in [0.717, 1.165) is 69.9 Å². The van der Waals surface area contributed by atoms with Gasteiger partial charge in [-0.25, -0.2) is 0 Å². The van der Waals surface area contributed by atoms with Gasteiger partial charge in [0.2, 0.25) is 0 Å². The zero-order valence-electron chi connectivity index (χ0n) is 24.2. The van der Waals surface area contributed by atoms with Crippen LogP contribution in [0.25, 0.3) is 5.70 Å². The van der Waals surface area contributed by atoms with Gasteiger partial charge in [-0.3, -0.25) is 19.6 Å². The molecule has 0 bridgehead atoms. The second-order valence-electron chi connectivity index (χ2n) is 11.6. The predicted octanol–water partition coefficient (Wildman–Crippen LogP) is 4.87. The molecule has 0 atom stereocenters. The van der Waals surface area contributed by atoms with Gasteiger partial charge in [0, 0.05) is 74.9 Å². The Labute approximate surface area is 244 Å². The van der Waals surface area contributed by atoms with Crippen LogP contribution in [-0.2, 0) is 12.1 Å². The van der Waals surface area contributed by atoms with Crippen LogP contribution in [0.4, 0.5) is 0 Å². The summed E-state index contributed by atoms with van der Waals surface area (Å²) in [7, 11) is 0. The predicted molar refractivity (Wildman–Crippen MR) is 163 cm³/mol. The Morgan fingerprint density at radius 1 is 0.976 bits per heavy atom. The molecule has 212 valence electrons. The SMILES string of the molecule is C=C(c1ccc(C(=O)NC2CCN(Cc3ccc(C#N)cc3)CC2)nc1)N1CCN(C(C)(C)c2ccccc2)CC1. The topological polar surface area (TPSA) is 75.5 Å². The maximum atomic E-state index is 12.9. The number of hydrogen-bond acceptors (Lipinski definition) is 6. The normalized spacial score (nSPS) is 17.1. The van der Waals surface area contributed by atoms with E-state index in [1.165, 1.54) is 11.1 Å². The molecule has 0 unspecified atom stereocenters. The van der Waals surface area contributed by atoms with Crippen molar-refractivity contribution in [2.45, 2.75) is 44.8 Å². The zero-order chi connectivity index (χ0) is 28.8. The quantitative estimate of drug-likeness (QED) is 0.433. The van der Waals surface area contributed by atoms with Gasteiger partial charge in [0.15, 0.2) is 0 Å². The number of nitriles is 1. The molecule has 2 aliphatic heterocycles. The van der Waals surface area contributed by atoms with Crippen molar-refractivity contribution in [3.63, 3.8) is 0 Å². The Morgan fingerprint density at radius 2 is 1.66 bits per heavy atom. The van der Waals surface area contributed by atoms with Gasteiger partial charge in [0.1, 0.15) is 5.69 Å². The molecule has 0 radical (unpaired) electrons. The molecule has 3 heterocycles. The van der Waals surface area contributed by atoms with Crippen molar-refractivity contribution in [2.24, 2.45) is 0 Å². The van der Waals surface area contributed by atoms with Gasteiger partial charge < -0.3 is 10.2 Å². The summed E-state index contributed by atoms with van der Waals surface area (Å²) in [6, 6.07) is 24.5. The van der Waals surface area contributed by atoms with E-state index in [-0.39, 0.29) is 17.5 Å². The molecule has 2 fully saturated rings. The lowest BCUT2D eigenvalue weighted by molar-refractivity contribution is 0.0712. The van der Waals surface area contributed by atoms with Crippen LogP contribution in [0.2, 0.25) is 0 Å². The highest BCUT2D eigenvalue weighted by Gasteiger charge is 2.31. The summed E-state index contributed by atoms with van der Waals surface area (Å²) in [6.07, 6.45) is 3.59. The first-order chi connectivity index (χ1) is 19.8. The molecule has 2 aliphatic rings. The van der Waals surface area contributed by atoms with Crippen molar-refractivity contribution in [1.82, 2.24) is 25.0 Å². The molecule has 1 amide bonds. The number of piperazine rings is 1. The minimum Gasteiger partial charge on any atom is -0.369 e. The fourth-order valence-electron chi connectivity index (χ4n) is 5.88. The molecule has 5 rings (SSSR count). The minimum atomic E-state index is -0.121. The van der Waals surface area contributed by atoms with Gasteiger partial charge in [0.25, 0.3) is 5.91 Å². The lowest BCUT2D eigenvalue weighted by atomic mass is 9.91. The number of pyridine rings is 1. The van der Waals surface area contributed by atoms with Gasteiger partial charge in [-0.15, -0.1) is 0 Å². The molecular formula is C34H40N6O. The van der Waals surface area contributed by atoms with E-state index in [4.69, 9.17) is 5.26 Å². The minimum absolute atomic E-state index is 0.0210. The molecule has 2 saturated heterocycles. The van der Waals surface area contributed by atoms with E-state index in [2.05, 4.69) is 81.8 Å². The van der Waals surface area contributed by atoms with E-state index < -0.39 is 0 Å². The molecule has 3 aromatic rings. The van der Waals surface area contributed by atoms with Crippen LogP contribution in [0.15, 0.2) is 79.5 Å². The lowest BCUT2D eigenvalue weighted by Crippen LogP contribution is -2.52. The summed E-state index contributed by atoms with van der Waals surface area (Å²) < 4.78 is 0. The summed E-state index contributed by atoms with van der Waals surface area (Å²) in [5, 5.41) is 12.2. The van der Waals surface area contributed by atoms with Crippen LogP contribution in [0.3, 0.4) is 0 Å². The third kappa shape index (κ3) is 6.84. The molecule has 7 nitrogen and oxygen atoms in total. The molecule has 41 heavy (non-hydrogen) atoms. The first-order valence-corrected chi connectivity index (χ1v) is 14.6. The van der Waals surface area contributed by atoms with Crippen molar-refractivity contribution in [3.8, 4) is 6.07 Å². The second-order valence-corrected chi connectivity index (χ2v) is 11.6. The molecule has 0 spiro atoms. The first kappa shape index (κ1) is 28.5. The van der Waals surface area contributed by atoms with Crippen molar-refractivity contribution >= 4 is 11.6 Å². The maximum absolute atomic E-state index is 12.9. The first-order valence-electron chi connectivity index (χ1n) is 14.6. The summed E-state index contributed by atoms with van der Waals surface area (Å²) in [4.78, 5) is 24.7. The van der Waals surface area contributed by atoms with Crippen molar-refractivity contribution in [1.29, 1.82) is 5.26 Å². The highest BCUT2D eigenvalue weighted by atomic mass is 16.1. The number of amides is 1. The average Bonchev–Trinajstić information content (AvgIpc) is 3.02. The summed E-state index contributed by atoms with van der Waals surface area (Å²) in [5.41, 5.74) is 5.55. The average molecular weight is 549 g/mol. The number of rotatable bonds is 8. The van der Waals surface area contributed by atoms with Crippen molar-refractivity contribution < 1.29 is 4.79 Å². The third-order valence-electron chi connectivity index (χ3n) is 8.67. The number of hydrogen-bond donors (Lipinski definition) is 1. The Morgan fingerprint density at radius 3 is 2.27 bits per heavy atom. The van der Waals surface area contributed by atoms with Crippen LogP contribution in [-0.4, -0.2) is 70.9 Å². The van der Waals surface area contributed by atoms with Crippen molar-refractivity contribution in [3.05, 3.63) is 107 Å². The second kappa shape index (κ2) is 12.7. The third-order valence-corrected chi connectivity index (χ3v) is 8.67. The molecule has 2 aromatic carbocycles. The molecule has 0 aliphatic carbocycles. The monoisotopic (exact) mass is 548 g/mol. The number of piperidine rings is 1. The molecular weight excluding hydrogens is 508 g/mol. The number of nitrogens with one attached hydrogen (secondary N) is 1. The van der Waals surface area contributed by atoms with Crippen LogP contribution in [0.5, 0.6) is 0 Å². The highest BCUT2D eigenvalue weighted by Crippen LogP contribution is 2.30. The van der Waals surface area contributed by atoms with E-state index in [1.807, 2.05) is 36.4 Å². The maximum Gasteiger partial charge on any atom is 0.270 e. The van der Waals surface area contributed by atoms with Gasteiger partial charge in [0.05, 0.1) is 11.6 Å². The van der Waals surface area contributed by atoms with E-state index in [0.29, 0.717) is 11.3 Å². The Bertz CT molecular complexity index is 1360. The molecule has 1 N–H and O–H groups in total. The standard InChI is InChI=1S/C34H40N6O/c1-26(39-19-21-40(22-20-39)34(2,3)30-7-5-4-6-8-30)29-13-14-32(36-24-29)33(41)37-31-15-17-38(18-16-31)25-28-11-9-27(23-35)10-12-28/h4-14,24,31H,1,15-22,25H2,2-3H3,(H,37,41). The smallest absolute Gasteiger partial charge is 0.270 e. The van der Waals surface area contributed by atoms with Crippen LogP contribution >= 0.6 is 0 Å². The zero-order valence-corrected chi connectivity index (χ0v) is 24.2. The molecule has 7 heteroatoms. The number of benzene rings is 2. The van der Waals surface area contributed by atoms with E-state index in [9.17, 15) is 4.79 Å². The molecule has 1 aromatic heterocycles. The largest absolute Gasteiger partial charge is 0.369 e. The number of nitrogens with zero attached hydrogens (tertiary/aromatic N) is 5. The summed E-state index contributed by atoms with van der Waals surface area (Å²) in [6.45, 7) is 15.4. The van der Waals surface area contributed by atoms with E-state index in [1.54, 1.807) is 6.20 Å². The summed E-state index contributed by atoms with van der Waals surface area (Å²) >= 11 is 0. The van der Waals surface area contributed by atoms with Crippen LogP contribution < -0.4 is 5.32 Å². The van der Waals surface area contributed by atoms with Gasteiger partial charge >= 0.3 is 0 Å². The fraction of sp³-hybridized carbons (Fsp3) is 0.382. The Hall–Kier alpha value is -3.99. The van der Waals surface area contributed by atoms with Crippen LogP contribution in [0, 0.1) is 11.3 Å². The number of aromatic nitrogens is 1. The number of likely N-dealkylation sites (tertiary alicyclic amines) is 1.